The Balaban J connectivity index is 1.62. The number of ether oxygens (including phenoxy) is 1. The first-order chi connectivity index (χ1) is 12.7. The summed E-state index contributed by atoms with van der Waals surface area (Å²) in [5, 5.41) is 0. The molecular formula is C24H27NO. The Bertz CT molecular complexity index is 841. The number of benzene rings is 2. The summed E-state index contributed by atoms with van der Waals surface area (Å²) in [6.45, 7) is 6.56. The van der Waals surface area contributed by atoms with Crippen LogP contribution in [0, 0.1) is 5.92 Å². The molecule has 2 aromatic carbocycles. The SMILES string of the molecule is C=C(c1ccc2c(c1)N=C(C)C2c1ccc(OC)cc1)C1CCCCC1. The first-order valence-electron chi connectivity index (χ1n) is 9.69. The monoisotopic (exact) mass is 345 g/mol. The lowest BCUT2D eigenvalue weighted by molar-refractivity contribution is 0.414. The van der Waals surface area contributed by atoms with E-state index >= 15 is 0 Å². The number of fused-ring (bicyclic) bond motifs is 1. The molecule has 0 spiro atoms. The van der Waals surface area contributed by atoms with Gasteiger partial charge in [-0.3, -0.25) is 4.99 Å². The number of rotatable bonds is 4. The molecule has 134 valence electrons. The molecule has 1 aliphatic heterocycles. The van der Waals surface area contributed by atoms with Crippen LogP contribution in [-0.2, 0) is 0 Å². The van der Waals surface area contributed by atoms with Crippen molar-refractivity contribution in [3.05, 3.63) is 65.7 Å². The third-order valence-electron chi connectivity index (χ3n) is 5.97. The predicted molar refractivity (Wildman–Crippen MR) is 110 cm³/mol. The molecule has 0 N–H and O–H groups in total. The van der Waals surface area contributed by atoms with Gasteiger partial charge in [0.05, 0.1) is 12.8 Å². The molecular weight excluding hydrogens is 318 g/mol. The first kappa shape index (κ1) is 17.1. The normalized spacial score (nSPS) is 19.8. The summed E-state index contributed by atoms with van der Waals surface area (Å²) in [7, 11) is 1.70. The molecule has 1 unspecified atom stereocenters. The van der Waals surface area contributed by atoms with Crippen LogP contribution < -0.4 is 4.74 Å². The summed E-state index contributed by atoms with van der Waals surface area (Å²) >= 11 is 0. The number of methoxy groups -OCH3 is 1. The fourth-order valence-electron chi connectivity index (χ4n) is 4.47. The van der Waals surface area contributed by atoms with Gasteiger partial charge in [0.15, 0.2) is 0 Å². The van der Waals surface area contributed by atoms with Crippen molar-refractivity contribution in [1.29, 1.82) is 0 Å². The zero-order valence-electron chi connectivity index (χ0n) is 15.8. The van der Waals surface area contributed by atoms with Crippen molar-refractivity contribution in [2.75, 3.05) is 7.11 Å². The van der Waals surface area contributed by atoms with Crippen molar-refractivity contribution in [2.45, 2.75) is 44.9 Å². The van der Waals surface area contributed by atoms with Crippen LogP contribution in [0.3, 0.4) is 0 Å². The highest BCUT2D eigenvalue weighted by Gasteiger charge is 2.27. The second kappa shape index (κ2) is 7.11. The van der Waals surface area contributed by atoms with Crippen LogP contribution in [0.25, 0.3) is 5.57 Å². The summed E-state index contributed by atoms with van der Waals surface area (Å²) in [6.07, 6.45) is 6.62. The summed E-state index contributed by atoms with van der Waals surface area (Å²) in [6, 6.07) is 15.1. The van der Waals surface area contributed by atoms with E-state index in [-0.39, 0.29) is 5.92 Å². The van der Waals surface area contributed by atoms with E-state index in [4.69, 9.17) is 9.73 Å². The van der Waals surface area contributed by atoms with E-state index in [0.717, 1.165) is 17.1 Å². The Labute approximate surface area is 156 Å². The minimum atomic E-state index is 0.243. The van der Waals surface area contributed by atoms with Crippen molar-refractivity contribution in [3.63, 3.8) is 0 Å². The largest absolute Gasteiger partial charge is 0.497 e. The lowest BCUT2D eigenvalue weighted by Gasteiger charge is -2.24. The summed E-state index contributed by atoms with van der Waals surface area (Å²) in [5.41, 5.74) is 7.40. The smallest absolute Gasteiger partial charge is 0.118 e. The van der Waals surface area contributed by atoms with Gasteiger partial charge in [-0.1, -0.05) is 50.1 Å². The number of aliphatic imine (C=N–C) groups is 1. The van der Waals surface area contributed by atoms with Gasteiger partial charge < -0.3 is 4.74 Å². The molecule has 0 aromatic heterocycles. The van der Waals surface area contributed by atoms with Gasteiger partial charge in [-0.15, -0.1) is 0 Å². The lowest BCUT2D eigenvalue weighted by atomic mass is 9.81. The molecule has 1 atom stereocenters. The maximum atomic E-state index is 5.29. The predicted octanol–water partition coefficient (Wildman–Crippen LogP) is 6.53. The van der Waals surface area contributed by atoms with Gasteiger partial charge in [0, 0.05) is 11.6 Å². The molecule has 0 saturated heterocycles. The van der Waals surface area contributed by atoms with Gasteiger partial charge in [0.2, 0.25) is 0 Å². The van der Waals surface area contributed by atoms with Crippen LogP contribution in [0.2, 0.25) is 0 Å². The Morgan fingerprint density at radius 2 is 1.77 bits per heavy atom. The number of nitrogens with zero attached hydrogens (tertiary/aromatic N) is 1. The van der Waals surface area contributed by atoms with Crippen molar-refractivity contribution < 1.29 is 4.74 Å². The molecule has 0 amide bonds. The van der Waals surface area contributed by atoms with Gasteiger partial charge in [-0.2, -0.15) is 0 Å². The van der Waals surface area contributed by atoms with Crippen molar-refractivity contribution >= 4 is 17.0 Å². The molecule has 2 heteroatoms. The van der Waals surface area contributed by atoms with Crippen LogP contribution in [0.4, 0.5) is 5.69 Å². The van der Waals surface area contributed by atoms with Crippen LogP contribution in [-0.4, -0.2) is 12.8 Å². The molecule has 2 aromatic rings. The Morgan fingerprint density at radius 3 is 2.46 bits per heavy atom. The number of hydrogen-bond donors (Lipinski definition) is 0. The highest BCUT2D eigenvalue weighted by atomic mass is 16.5. The molecule has 0 bridgehead atoms. The van der Waals surface area contributed by atoms with Crippen molar-refractivity contribution in [3.8, 4) is 5.75 Å². The average molecular weight is 345 g/mol. The molecule has 2 nitrogen and oxygen atoms in total. The van der Waals surface area contributed by atoms with Gasteiger partial charge in [0.1, 0.15) is 5.75 Å². The van der Waals surface area contributed by atoms with E-state index in [2.05, 4.69) is 43.8 Å². The topological polar surface area (TPSA) is 21.6 Å². The molecule has 1 saturated carbocycles. The van der Waals surface area contributed by atoms with Gasteiger partial charge in [-0.25, -0.2) is 0 Å². The summed E-state index contributed by atoms with van der Waals surface area (Å²) in [5.74, 6) is 1.78. The minimum absolute atomic E-state index is 0.243. The van der Waals surface area contributed by atoms with Crippen LogP contribution >= 0.6 is 0 Å². The third-order valence-corrected chi connectivity index (χ3v) is 5.97. The Hall–Kier alpha value is -2.35. The lowest BCUT2D eigenvalue weighted by Crippen LogP contribution is -2.08. The Kier molecular flexibility index (Phi) is 4.67. The van der Waals surface area contributed by atoms with Gasteiger partial charge >= 0.3 is 0 Å². The van der Waals surface area contributed by atoms with E-state index < -0.39 is 0 Å². The maximum Gasteiger partial charge on any atom is 0.118 e. The fourth-order valence-corrected chi connectivity index (χ4v) is 4.47. The Morgan fingerprint density at radius 1 is 1.04 bits per heavy atom. The van der Waals surface area contributed by atoms with E-state index in [1.165, 1.54) is 54.4 Å². The quantitative estimate of drug-likeness (QED) is 0.617. The second-order valence-electron chi connectivity index (χ2n) is 7.59. The summed E-state index contributed by atoms with van der Waals surface area (Å²) in [4.78, 5) is 4.88. The van der Waals surface area contributed by atoms with E-state index in [1.54, 1.807) is 7.11 Å². The zero-order chi connectivity index (χ0) is 18.1. The van der Waals surface area contributed by atoms with E-state index in [0.29, 0.717) is 5.92 Å². The highest BCUT2D eigenvalue weighted by molar-refractivity contribution is 5.99. The molecule has 2 aliphatic rings. The molecule has 1 fully saturated rings. The summed E-state index contributed by atoms with van der Waals surface area (Å²) < 4.78 is 5.29. The molecule has 1 aliphatic carbocycles. The minimum Gasteiger partial charge on any atom is -0.497 e. The standard InChI is InChI=1S/C24H27NO/c1-16(18-7-5-4-6-8-18)20-11-14-22-23(15-20)25-17(2)24(22)19-9-12-21(26-3)13-10-19/h9-15,18,24H,1,4-8H2,2-3H3. The van der Waals surface area contributed by atoms with Crippen molar-refractivity contribution in [1.82, 2.24) is 0 Å². The maximum absolute atomic E-state index is 5.29. The van der Waals surface area contributed by atoms with E-state index in [9.17, 15) is 0 Å². The highest BCUT2D eigenvalue weighted by Crippen LogP contribution is 2.42. The molecule has 26 heavy (non-hydrogen) atoms. The van der Waals surface area contributed by atoms with Crippen molar-refractivity contribution in [2.24, 2.45) is 10.9 Å². The first-order valence-corrected chi connectivity index (χ1v) is 9.69. The van der Waals surface area contributed by atoms with Crippen LogP contribution in [0.5, 0.6) is 5.75 Å². The molecule has 1 heterocycles. The van der Waals surface area contributed by atoms with Crippen LogP contribution in [0.1, 0.15) is 61.6 Å². The second-order valence-corrected chi connectivity index (χ2v) is 7.59. The van der Waals surface area contributed by atoms with Gasteiger partial charge in [-0.05, 0) is 66.1 Å². The van der Waals surface area contributed by atoms with Crippen LogP contribution in [0.15, 0.2) is 54.0 Å². The fraction of sp³-hybridized carbons (Fsp3) is 0.375. The van der Waals surface area contributed by atoms with E-state index in [1.807, 2.05) is 12.1 Å². The number of allylic oxidation sites excluding steroid dienone is 1. The number of hydrogen-bond acceptors (Lipinski definition) is 2. The zero-order valence-corrected chi connectivity index (χ0v) is 15.8. The average Bonchev–Trinajstić information content (AvgIpc) is 3.03. The van der Waals surface area contributed by atoms with Gasteiger partial charge in [0.25, 0.3) is 0 Å². The third kappa shape index (κ3) is 3.09. The molecule has 4 rings (SSSR count). The molecule has 0 radical (unpaired) electrons.